The van der Waals surface area contributed by atoms with Crippen LogP contribution in [0.5, 0.6) is 0 Å². The van der Waals surface area contributed by atoms with E-state index < -0.39 is 27.1 Å². The Kier molecular flexibility index (Phi) is 5.25. The molecule has 1 aliphatic rings. The Morgan fingerprint density at radius 2 is 2.00 bits per heavy atom. The van der Waals surface area contributed by atoms with Crippen LogP contribution in [0.15, 0.2) is 18.2 Å². The summed E-state index contributed by atoms with van der Waals surface area (Å²) in [6.45, 7) is 2.60. The van der Waals surface area contributed by atoms with E-state index in [1.807, 2.05) is 6.92 Å². The molecule has 2 rings (SSSR count). The number of carbonyl (C=O) groups is 1. The summed E-state index contributed by atoms with van der Waals surface area (Å²) in [5.41, 5.74) is -0.981. The van der Waals surface area contributed by atoms with Crippen LogP contribution in [-0.2, 0) is 0 Å². The van der Waals surface area contributed by atoms with Crippen molar-refractivity contribution in [2.45, 2.75) is 45.1 Å². The van der Waals surface area contributed by atoms with Crippen LogP contribution < -0.4 is 0 Å². The number of non-ortho nitro benzene ring substituents is 1. The molecule has 0 N–H and O–H groups in total. The molecule has 1 fully saturated rings. The van der Waals surface area contributed by atoms with Crippen molar-refractivity contribution >= 4 is 17.3 Å². The van der Waals surface area contributed by atoms with Crippen molar-refractivity contribution in [3.05, 3.63) is 44.0 Å². The lowest BCUT2D eigenvalue weighted by atomic mass is 9.97. The lowest BCUT2D eigenvalue weighted by Gasteiger charge is -2.35. The van der Waals surface area contributed by atoms with Gasteiger partial charge in [-0.2, -0.15) is 0 Å². The summed E-state index contributed by atoms with van der Waals surface area (Å²) in [6.07, 6.45) is 4.58. The van der Waals surface area contributed by atoms with Gasteiger partial charge in [0, 0.05) is 18.7 Å². The van der Waals surface area contributed by atoms with Crippen LogP contribution in [0.1, 0.15) is 49.4 Å². The van der Waals surface area contributed by atoms with Gasteiger partial charge in [-0.3, -0.25) is 25.0 Å². The number of benzene rings is 1. The number of hydrogen-bond acceptors (Lipinski definition) is 5. The second-order valence-corrected chi connectivity index (χ2v) is 5.65. The second kappa shape index (κ2) is 7.17. The third-order valence-corrected chi connectivity index (χ3v) is 4.13. The van der Waals surface area contributed by atoms with Gasteiger partial charge in [-0.05, 0) is 31.7 Å². The minimum atomic E-state index is -0.737. The highest BCUT2D eigenvalue weighted by molar-refractivity contribution is 5.98. The molecule has 1 atom stereocenters. The lowest BCUT2D eigenvalue weighted by Crippen LogP contribution is -2.43. The lowest BCUT2D eigenvalue weighted by molar-refractivity contribution is -0.394. The van der Waals surface area contributed by atoms with E-state index in [-0.39, 0.29) is 11.6 Å². The highest BCUT2D eigenvalue weighted by Crippen LogP contribution is 2.29. The number of nitro groups is 2. The van der Waals surface area contributed by atoms with E-state index in [1.165, 1.54) is 6.07 Å². The maximum atomic E-state index is 12.7. The van der Waals surface area contributed by atoms with Crippen molar-refractivity contribution in [1.29, 1.82) is 0 Å². The number of hydrogen-bond donors (Lipinski definition) is 0. The number of piperidine rings is 1. The second-order valence-electron chi connectivity index (χ2n) is 5.65. The van der Waals surface area contributed by atoms with Gasteiger partial charge in [-0.1, -0.05) is 13.3 Å². The fourth-order valence-electron chi connectivity index (χ4n) is 3.02. The molecule has 0 radical (unpaired) electrons. The van der Waals surface area contributed by atoms with Gasteiger partial charge in [0.15, 0.2) is 0 Å². The minimum Gasteiger partial charge on any atom is -0.335 e. The van der Waals surface area contributed by atoms with Crippen LogP contribution in [0.2, 0.25) is 0 Å². The van der Waals surface area contributed by atoms with Crippen LogP contribution in [0.25, 0.3) is 0 Å². The SMILES string of the molecule is CCC[C@H]1CCCCN1C(=O)c1ccc([N+](=O)[O-])cc1[N+](=O)[O-]. The van der Waals surface area contributed by atoms with Gasteiger partial charge in [0.1, 0.15) is 5.56 Å². The molecule has 0 spiro atoms. The molecule has 0 aliphatic carbocycles. The van der Waals surface area contributed by atoms with Crippen LogP contribution >= 0.6 is 0 Å². The molecule has 1 amide bonds. The van der Waals surface area contributed by atoms with E-state index in [9.17, 15) is 25.0 Å². The predicted octanol–water partition coefficient (Wildman–Crippen LogP) is 3.30. The van der Waals surface area contributed by atoms with E-state index in [2.05, 4.69) is 0 Å². The van der Waals surface area contributed by atoms with Gasteiger partial charge in [0.25, 0.3) is 17.3 Å². The molecule has 1 saturated heterocycles. The Morgan fingerprint density at radius 1 is 1.26 bits per heavy atom. The zero-order valence-corrected chi connectivity index (χ0v) is 12.9. The number of likely N-dealkylation sites (tertiary alicyclic amines) is 1. The van der Waals surface area contributed by atoms with Gasteiger partial charge in [-0.25, -0.2) is 0 Å². The normalized spacial score (nSPS) is 17.8. The molecular weight excluding hydrogens is 302 g/mol. The molecule has 124 valence electrons. The molecule has 8 nitrogen and oxygen atoms in total. The molecule has 0 aromatic heterocycles. The maximum Gasteiger partial charge on any atom is 0.289 e. The highest BCUT2D eigenvalue weighted by Gasteiger charge is 2.32. The summed E-state index contributed by atoms with van der Waals surface area (Å²) in [4.78, 5) is 35.0. The van der Waals surface area contributed by atoms with Crippen molar-refractivity contribution < 1.29 is 14.6 Å². The van der Waals surface area contributed by atoms with Gasteiger partial charge in [0.2, 0.25) is 0 Å². The Labute approximate surface area is 133 Å². The number of nitro benzene ring substituents is 2. The third kappa shape index (κ3) is 3.64. The van der Waals surface area contributed by atoms with Crippen LogP contribution in [0.3, 0.4) is 0 Å². The fraction of sp³-hybridized carbons (Fsp3) is 0.533. The molecule has 0 saturated carbocycles. The fourth-order valence-corrected chi connectivity index (χ4v) is 3.02. The van der Waals surface area contributed by atoms with E-state index >= 15 is 0 Å². The van der Waals surface area contributed by atoms with E-state index in [0.717, 1.165) is 44.2 Å². The number of rotatable bonds is 5. The molecule has 23 heavy (non-hydrogen) atoms. The molecular formula is C15H19N3O5. The summed E-state index contributed by atoms with van der Waals surface area (Å²) >= 11 is 0. The first-order valence-corrected chi connectivity index (χ1v) is 7.69. The van der Waals surface area contributed by atoms with E-state index in [4.69, 9.17) is 0 Å². The zero-order valence-electron chi connectivity index (χ0n) is 12.9. The van der Waals surface area contributed by atoms with Crippen molar-refractivity contribution in [1.82, 2.24) is 4.90 Å². The van der Waals surface area contributed by atoms with Gasteiger partial charge in [0.05, 0.1) is 15.9 Å². The quantitative estimate of drug-likeness (QED) is 0.611. The van der Waals surface area contributed by atoms with Crippen LogP contribution in [0.4, 0.5) is 11.4 Å². The van der Waals surface area contributed by atoms with Crippen LogP contribution in [-0.4, -0.2) is 33.2 Å². The van der Waals surface area contributed by atoms with Crippen molar-refractivity contribution in [3.63, 3.8) is 0 Å². The third-order valence-electron chi connectivity index (χ3n) is 4.13. The summed E-state index contributed by atoms with van der Waals surface area (Å²) in [5, 5.41) is 22.0. The minimum absolute atomic E-state index is 0.0797. The number of amides is 1. The standard InChI is InChI=1S/C15H19N3O5/c1-2-5-11-6-3-4-9-16(11)15(19)13-8-7-12(17(20)21)10-14(13)18(22)23/h7-8,10-11H,2-6,9H2,1H3/t11-/m0/s1. The molecule has 8 heteroatoms. The maximum absolute atomic E-state index is 12.7. The Morgan fingerprint density at radius 3 is 2.61 bits per heavy atom. The topological polar surface area (TPSA) is 107 Å². The summed E-state index contributed by atoms with van der Waals surface area (Å²) in [6, 6.07) is 3.26. The average Bonchev–Trinajstić information content (AvgIpc) is 2.54. The van der Waals surface area contributed by atoms with E-state index in [1.54, 1.807) is 4.90 Å². The Bertz CT molecular complexity index is 630. The molecule has 1 aromatic carbocycles. The number of carbonyl (C=O) groups excluding carboxylic acids is 1. The Balaban J connectivity index is 2.37. The zero-order chi connectivity index (χ0) is 17.0. The van der Waals surface area contributed by atoms with Gasteiger partial charge in [-0.15, -0.1) is 0 Å². The molecule has 0 unspecified atom stereocenters. The van der Waals surface area contributed by atoms with E-state index in [0.29, 0.717) is 6.54 Å². The average molecular weight is 321 g/mol. The summed E-state index contributed by atoms with van der Waals surface area (Å²) in [7, 11) is 0. The first kappa shape index (κ1) is 16.9. The molecule has 1 aliphatic heterocycles. The van der Waals surface area contributed by atoms with Gasteiger partial charge < -0.3 is 4.90 Å². The highest BCUT2D eigenvalue weighted by atomic mass is 16.6. The molecule has 1 heterocycles. The molecule has 0 bridgehead atoms. The smallest absolute Gasteiger partial charge is 0.289 e. The first-order valence-electron chi connectivity index (χ1n) is 7.69. The summed E-state index contributed by atoms with van der Waals surface area (Å²) < 4.78 is 0. The van der Waals surface area contributed by atoms with Crippen molar-refractivity contribution in [2.75, 3.05) is 6.54 Å². The molecule has 1 aromatic rings. The summed E-state index contributed by atoms with van der Waals surface area (Å²) in [5.74, 6) is -0.412. The van der Waals surface area contributed by atoms with Crippen LogP contribution in [0, 0.1) is 20.2 Å². The van der Waals surface area contributed by atoms with Gasteiger partial charge >= 0.3 is 0 Å². The predicted molar refractivity (Wildman–Crippen MR) is 83.3 cm³/mol. The van der Waals surface area contributed by atoms with Crippen molar-refractivity contribution in [2.24, 2.45) is 0 Å². The largest absolute Gasteiger partial charge is 0.335 e. The first-order chi connectivity index (χ1) is 11.0. The number of nitrogens with zero attached hydrogens (tertiary/aromatic N) is 3. The monoisotopic (exact) mass is 321 g/mol. The Hall–Kier alpha value is -2.51. The van der Waals surface area contributed by atoms with Crippen molar-refractivity contribution in [3.8, 4) is 0 Å².